The van der Waals surface area contributed by atoms with Crippen molar-refractivity contribution in [3.8, 4) is 5.75 Å². The number of nitrogens with zero attached hydrogens (tertiary/aromatic N) is 1. The Bertz CT molecular complexity index is 729. The highest BCUT2D eigenvalue weighted by molar-refractivity contribution is 8.26. The Morgan fingerprint density at radius 2 is 2.35 bits per heavy atom. The molecule has 0 radical (unpaired) electrons. The maximum absolute atomic E-state index is 12.3. The lowest BCUT2D eigenvalue weighted by Crippen LogP contribution is -2.33. The molecule has 23 heavy (non-hydrogen) atoms. The molecule has 1 amide bonds. The third-order valence-corrected chi connectivity index (χ3v) is 5.01. The number of carboxylic acid groups (broad SMARTS) is 1. The Balaban J connectivity index is 1.78. The highest BCUT2D eigenvalue weighted by Gasteiger charge is 2.31. The van der Waals surface area contributed by atoms with Crippen LogP contribution in [0.3, 0.4) is 0 Å². The number of benzene rings is 1. The number of carbonyl (C=O) groups is 2. The van der Waals surface area contributed by atoms with E-state index in [0.29, 0.717) is 9.23 Å². The molecule has 1 aromatic rings. The van der Waals surface area contributed by atoms with Gasteiger partial charge in [-0.2, -0.15) is 0 Å². The lowest BCUT2D eigenvalue weighted by atomic mass is 10.1. The molecule has 0 N–H and O–H groups in total. The molecular weight excluding hydrogens is 334 g/mol. The van der Waals surface area contributed by atoms with Crippen LogP contribution in [0.25, 0.3) is 6.08 Å². The van der Waals surface area contributed by atoms with E-state index in [0.717, 1.165) is 23.3 Å². The van der Waals surface area contributed by atoms with Gasteiger partial charge < -0.3 is 14.6 Å². The van der Waals surface area contributed by atoms with Gasteiger partial charge in [-0.1, -0.05) is 30.0 Å². The molecule has 0 saturated carbocycles. The quantitative estimate of drug-likeness (QED) is 0.604. The molecule has 2 aliphatic heterocycles. The van der Waals surface area contributed by atoms with Gasteiger partial charge in [-0.25, -0.2) is 0 Å². The van der Waals surface area contributed by atoms with E-state index < -0.39 is 5.97 Å². The normalized spacial score (nSPS) is 21.7. The number of rotatable bonds is 4. The van der Waals surface area contributed by atoms with Crippen molar-refractivity contribution in [3.63, 3.8) is 0 Å². The SMILES string of the molecule is C[C@@H]1Cc2cc(/C=C3/SC(=S)N(CCC(=O)[O-])C3=O)ccc2O1. The molecule has 0 bridgehead atoms. The van der Waals surface area contributed by atoms with Gasteiger partial charge in [-0.15, -0.1) is 0 Å². The number of hydrogen-bond acceptors (Lipinski definition) is 6. The van der Waals surface area contributed by atoms with Crippen LogP contribution in [-0.2, 0) is 16.0 Å². The lowest BCUT2D eigenvalue weighted by Gasteiger charge is -2.14. The molecule has 1 atom stereocenters. The van der Waals surface area contributed by atoms with Crippen molar-refractivity contribution in [2.75, 3.05) is 6.54 Å². The van der Waals surface area contributed by atoms with E-state index >= 15 is 0 Å². The fraction of sp³-hybridized carbons (Fsp3) is 0.312. The Kier molecular flexibility index (Phi) is 4.41. The van der Waals surface area contributed by atoms with Gasteiger partial charge in [0.15, 0.2) is 0 Å². The van der Waals surface area contributed by atoms with Crippen LogP contribution in [0, 0.1) is 0 Å². The molecular formula is C16H14NO4S2-. The van der Waals surface area contributed by atoms with E-state index in [2.05, 4.69) is 0 Å². The first-order chi connectivity index (χ1) is 10.9. The second-order valence-electron chi connectivity index (χ2n) is 5.46. The third-order valence-electron chi connectivity index (χ3n) is 3.63. The first kappa shape index (κ1) is 16.0. The number of ether oxygens (including phenoxy) is 1. The number of thiocarbonyl (C=S) groups is 1. The van der Waals surface area contributed by atoms with Crippen molar-refractivity contribution in [1.82, 2.24) is 4.90 Å². The topological polar surface area (TPSA) is 69.7 Å². The van der Waals surface area contributed by atoms with E-state index in [-0.39, 0.29) is 25.0 Å². The van der Waals surface area contributed by atoms with Gasteiger partial charge in [0.25, 0.3) is 5.91 Å². The third kappa shape index (κ3) is 3.40. The summed E-state index contributed by atoms with van der Waals surface area (Å²) in [5.74, 6) is -0.571. The first-order valence-corrected chi connectivity index (χ1v) is 8.41. The lowest BCUT2D eigenvalue weighted by molar-refractivity contribution is -0.305. The Labute approximate surface area is 143 Å². The molecule has 3 rings (SSSR count). The monoisotopic (exact) mass is 348 g/mol. The number of carboxylic acids is 1. The number of aliphatic carboxylic acids is 1. The number of amides is 1. The van der Waals surface area contributed by atoms with Crippen molar-refractivity contribution in [3.05, 3.63) is 34.2 Å². The standard InChI is InChI=1S/C16H15NO4S2/c1-9-6-11-7-10(2-3-12(11)21-9)8-13-15(20)17(16(22)23-13)5-4-14(18)19/h2-3,7-9H,4-6H2,1H3,(H,18,19)/p-1/b13-8+/t9-/m1/s1. The summed E-state index contributed by atoms with van der Waals surface area (Å²) in [4.78, 5) is 24.7. The number of thioether (sulfide) groups is 1. The molecule has 1 fully saturated rings. The van der Waals surface area contributed by atoms with Gasteiger partial charge in [0.1, 0.15) is 16.2 Å². The predicted molar refractivity (Wildman–Crippen MR) is 89.7 cm³/mol. The van der Waals surface area contributed by atoms with Crippen LogP contribution in [0.2, 0.25) is 0 Å². The summed E-state index contributed by atoms with van der Waals surface area (Å²) in [5.41, 5.74) is 2.03. The highest BCUT2D eigenvalue weighted by atomic mass is 32.2. The van der Waals surface area contributed by atoms with Crippen LogP contribution >= 0.6 is 24.0 Å². The largest absolute Gasteiger partial charge is 0.550 e. The average molecular weight is 348 g/mol. The van der Waals surface area contributed by atoms with Crippen LogP contribution in [0.15, 0.2) is 23.1 Å². The van der Waals surface area contributed by atoms with Crippen molar-refractivity contribution in [1.29, 1.82) is 0 Å². The summed E-state index contributed by atoms with van der Waals surface area (Å²) < 4.78 is 6.03. The zero-order chi connectivity index (χ0) is 16.6. The van der Waals surface area contributed by atoms with Gasteiger partial charge in [0.05, 0.1) is 4.91 Å². The molecule has 2 heterocycles. The zero-order valence-corrected chi connectivity index (χ0v) is 14.0. The summed E-state index contributed by atoms with van der Waals surface area (Å²) in [6, 6.07) is 5.80. The minimum atomic E-state index is -1.20. The Hall–Kier alpha value is -1.86. The Morgan fingerprint density at radius 3 is 3.09 bits per heavy atom. The molecule has 1 saturated heterocycles. The van der Waals surface area contributed by atoms with Crippen molar-refractivity contribution >= 4 is 46.3 Å². The van der Waals surface area contributed by atoms with Crippen LogP contribution in [0.1, 0.15) is 24.5 Å². The summed E-state index contributed by atoms with van der Waals surface area (Å²) in [7, 11) is 0. The van der Waals surface area contributed by atoms with E-state index in [4.69, 9.17) is 17.0 Å². The molecule has 0 unspecified atom stereocenters. The zero-order valence-electron chi connectivity index (χ0n) is 12.4. The summed E-state index contributed by atoms with van der Waals surface area (Å²) in [5, 5.41) is 10.6. The number of hydrogen-bond donors (Lipinski definition) is 0. The summed E-state index contributed by atoms with van der Waals surface area (Å²) in [6.07, 6.45) is 2.57. The number of carbonyl (C=O) groups excluding carboxylic acids is 2. The predicted octanol–water partition coefficient (Wildman–Crippen LogP) is 1.35. The van der Waals surface area contributed by atoms with Crippen LogP contribution < -0.4 is 9.84 Å². The van der Waals surface area contributed by atoms with Gasteiger partial charge in [-0.3, -0.25) is 9.69 Å². The molecule has 120 valence electrons. The van der Waals surface area contributed by atoms with E-state index in [1.165, 1.54) is 16.7 Å². The number of fused-ring (bicyclic) bond motifs is 1. The molecule has 0 aromatic heterocycles. The smallest absolute Gasteiger partial charge is 0.266 e. The maximum Gasteiger partial charge on any atom is 0.266 e. The van der Waals surface area contributed by atoms with Gasteiger partial charge >= 0.3 is 0 Å². The summed E-state index contributed by atoms with van der Waals surface area (Å²) >= 11 is 6.34. The van der Waals surface area contributed by atoms with Gasteiger partial charge in [-0.05, 0) is 36.3 Å². The minimum absolute atomic E-state index is 0.0416. The van der Waals surface area contributed by atoms with Crippen LogP contribution in [-0.4, -0.2) is 33.7 Å². The fourth-order valence-corrected chi connectivity index (χ4v) is 3.89. The fourth-order valence-electron chi connectivity index (χ4n) is 2.58. The first-order valence-electron chi connectivity index (χ1n) is 7.19. The highest BCUT2D eigenvalue weighted by Crippen LogP contribution is 2.34. The van der Waals surface area contributed by atoms with Crippen molar-refractivity contribution in [2.24, 2.45) is 0 Å². The second kappa shape index (κ2) is 6.33. The average Bonchev–Trinajstić information content (AvgIpc) is 2.96. The molecule has 1 aromatic carbocycles. The van der Waals surface area contributed by atoms with Crippen molar-refractivity contribution < 1.29 is 19.4 Å². The Morgan fingerprint density at radius 1 is 1.57 bits per heavy atom. The maximum atomic E-state index is 12.3. The second-order valence-corrected chi connectivity index (χ2v) is 7.13. The van der Waals surface area contributed by atoms with Gasteiger partial charge in [0.2, 0.25) is 0 Å². The summed E-state index contributed by atoms with van der Waals surface area (Å²) in [6.45, 7) is 2.06. The van der Waals surface area contributed by atoms with Crippen molar-refractivity contribution in [2.45, 2.75) is 25.9 Å². The van der Waals surface area contributed by atoms with E-state index in [1.54, 1.807) is 6.08 Å². The van der Waals surface area contributed by atoms with Crippen LogP contribution in [0.5, 0.6) is 5.75 Å². The van der Waals surface area contributed by atoms with Gasteiger partial charge in [0, 0.05) is 25.4 Å². The van der Waals surface area contributed by atoms with E-state index in [1.807, 2.05) is 25.1 Å². The molecule has 2 aliphatic rings. The minimum Gasteiger partial charge on any atom is -0.550 e. The molecule has 5 nitrogen and oxygen atoms in total. The molecule has 7 heteroatoms. The van der Waals surface area contributed by atoms with E-state index in [9.17, 15) is 14.7 Å². The molecule has 0 spiro atoms. The van der Waals surface area contributed by atoms with Crippen LogP contribution in [0.4, 0.5) is 0 Å². The molecule has 0 aliphatic carbocycles.